The largest absolute Gasteiger partial charge is 0.493 e. The number of aliphatic carboxylic acids is 1. The fraction of sp³-hybridized carbons (Fsp3) is 0.367. The van der Waals surface area contributed by atoms with Gasteiger partial charge in [-0.25, -0.2) is 15.0 Å². The van der Waals surface area contributed by atoms with Gasteiger partial charge in [0.15, 0.2) is 0 Å². The lowest BCUT2D eigenvalue weighted by atomic mass is 9.75. The van der Waals surface area contributed by atoms with Crippen molar-refractivity contribution in [2.24, 2.45) is 11.3 Å². The molecule has 1 aliphatic carbocycles. The van der Waals surface area contributed by atoms with E-state index in [1.54, 1.807) is 17.4 Å². The van der Waals surface area contributed by atoms with E-state index in [0.29, 0.717) is 41.9 Å². The fourth-order valence-electron chi connectivity index (χ4n) is 5.85. The minimum atomic E-state index is -4.60. The number of alkyl halides is 3. The number of nitrogen functional groups attached to an aromatic ring is 1. The van der Waals surface area contributed by atoms with Crippen LogP contribution in [0.3, 0.4) is 0 Å². The second-order valence-electron chi connectivity index (χ2n) is 11.1. The second kappa shape index (κ2) is 11.6. The molecule has 0 aliphatic heterocycles. The number of anilines is 2. The van der Waals surface area contributed by atoms with E-state index in [1.165, 1.54) is 18.3 Å². The molecule has 4 aromatic rings. The van der Waals surface area contributed by atoms with Gasteiger partial charge in [0, 0.05) is 23.2 Å². The lowest BCUT2D eigenvalue weighted by molar-refractivity contribution is -0.151. The van der Waals surface area contributed by atoms with E-state index < -0.39 is 29.0 Å². The Balaban J connectivity index is 1.57. The Morgan fingerprint density at radius 1 is 1.25 bits per heavy atom. The van der Waals surface area contributed by atoms with Crippen LogP contribution in [-0.4, -0.2) is 42.9 Å². The first kappa shape index (κ1) is 31.0. The van der Waals surface area contributed by atoms with Crippen molar-refractivity contribution in [2.45, 2.75) is 52.1 Å². The quantitative estimate of drug-likeness (QED) is 0.195. The molecule has 1 amide bonds. The number of ether oxygens (including phenoxy) is 1. The van der Waals surface area contributed by atoms with Gasteiger partial charge < -0.3 is 20.9 Å². The molecule has 0 spiro atoms. The summed E-state index contributed by atoms with van der Waals surface area (Å²) < 4.78 is 47.0. The van der Waals surface area contributed by atoms with Crippen molar-refractivity contribution in [1.29, 1.82) is 0 Å². The van der Waals surface area contributed by atoms with Crippen molar-refractivity contribution in [2.75, 3.05) is 17.7 Å². The van der Waals surface area contributed by atoms with Crippen molar-refractivity contribution in [1.82, 2.24) is 19.4 Å². The summed E-state index contributed by atoms with van der Waals surface area (Å²) in [5.41, 5.74) is 5.82. The SMILES string of the molecule is CCOc1cc(C(=O)Nc2cc(C(F)(F)F)ccn2)ccc1-c1nc([C@@H]2CC[C@@](C(=O)O)(C(C)C)C2)n2c(Cl)cnc(N)c12. The molecule has 232 valence electrons. The van der Waals surface area contributed by atoms with Crippen LogP contribution in [0.2, 0.25) is 5.15 Å². The number of nitrogens with zero attached hydrogens (tertiary/aromatic N) is 4. The number of carbonyl (C=O) groups is 2. The molecule has 44 heavy (non-hydrogen) atoms. The molecule has 0 radical (unpaired) electrons. The van der Waals surface area contributed by atoms with E-state index in [9.17, 15) is 27.9 Å². The van der Waals surface area contributed by atoms with Crippen molar-refractivity contribution in [3.8, 4) is 17.0 Å². The molecule has 3 heterocycles. The lowest BCUT2D eigenvalue weighted by Crippen LogP contribution is -2.33. The number of aromatic nitrogens is 4. The molecule has 1 aliphatic rings. The predicted molar refractivity (Wildman–Crippen MR) is 158 cm³/mol. The third kappa shape index (κ3) is 5.51. The van der Waals surface area contributed by atoms with Crippen LogP contribution in [0.25, 0.3) is 16.8 Å². The minimum absolute atomic E-state index is 0.100. The Labute approximate surface area is 255 Å². The number of pyridine rings is 1. The predicted octanol–water partition coefficient (Wildman–Crippen LogP) is 6.69. The topological polar surface area (TPSA) is 145 Å². The highest BCUT2D eigenvalue weighted by Crippen LogP contribution is 2.52. The number of imidazole rings is 1. The van der Waals surface area contributed by atoms with E-state index in [2.05, 4.69) is 15.3 Å². The monoisotopic (exact) mass is 630 g/mol. The van der Waals surface area contributed by atoms with Crippen LogP contribution in [0, 0.1) is 11.3 Å². The Hall–Kier alpha value is -4.39. The van der Waals surface area contributed by atoms with Crippen LogP contribution in [0.1, 0.15) is 67.7 Å². The molecule has 5 rings (SSSR count). The molecule has 1 saturated carbocycles. The van der Waals surface area contributed by atoms with Gasteiger partial charge in [-0.1, -0.05) is 25.4 Å². The number of hydrogen-bond acceptors (Lipinski definition) is 7. The number of nitrogens with two attached hydrogens (primary N) is 1. The summed E-state index contributed by atoms with van der Waals surface area (Å²) in [7, 11) is 0. The standard InChI is InChI=1S/C30H30ClF3N6O4/c1-4-44-20-11-16(27(41)38-22-12-18(8-10-36-22)30(32,33)34)5-6-19(20)23-24-25(35)37-14-21(31)40(24)26(39-23)17-7-9-29(13-17,15(2)3)28(42)43/h5-6,8,10-12,14-15,17H,4,7,9,13H2,1-3H3,(H2,35,37)(H,42,43)(H,36,38,41)/t17-,29+/m1/s1. The molecule has 0 saturated heterocycles. The lowest BCUT2D eigenvalue weighted by Gasteiger charge is -2.28. The van der Waals surface area contributed by atoms with Crippen LogP contribution < -0.4 is 15.8 Å². The molecule has 10 nitrogen and oxygen atoms in total. The smallest absolute Gasteiger partial charge is 0.416 e. The zero-order valence-electron chi connectivity index (χ0n) is 24.1. The summed E-state index contributed by atoms with van der Waals surface area (Å²) in [5.74, 6) is -1.23. The van der Waals surface area contributed by atoms with Crippen molar-refractivity contribution < 1.29 is 32.6 Å². The van der Waals surface area contributed by atoms with Gasteiger partial charge in [0.05, 0.1) is 23.8 Å². The van der Waals surface area contributed by atoms with Gasteiger partial charge in [0.25, 0.3) is 5.91 Å². The highest BCUT2D eigenvalue weighted by molar-refractivity contribution is 6.30. The molecule has 0 bridgehead atoms. The van der Waals surface area contributed by atoms with Crippen molar-refractivity contribution in [3.05, 3.63) is 64.8 Å². The van der Waals surface area contributed by atoms with Gasteiger partial charge >= 0.3 is 12.1 Å². The number of nitrogens with one attached hydrogen (secondary N) is 1. The molecule has 0 unspecified atom stereocenters. The van der Waals surface area contributed by atoms with Crippen LogP contribution in [0.15, 0.2) is 42.7 Å². The fourth-order valence-corrected chi connectivity index (χ4v) is 6.07. The van der Waals surface area contributed by atoms with Gasteiger partial charge in [-0.15, -0.1) is 0 Å². The maximum Gasteiger partial charge on any atom is 0.416 e. The summed E-state index contributed by atoms with van der Waals surface area (Å²) in [6, 6.07) is 6.07. The molecule has 1 fully saturated rings. The Kier molecular flexibility index (Phi) is 8.19. The van der Waals surface area contributed by atoms with Crippen LogP contribution in [0.5, 0.6) is 5.75 Å². The number of amides is 1. The van der Waals surface area contributed by atoms with E-state index in [4.69, 9.17) is 27.1 Å². The van der Waals surface area contributed by atoms with Gasteiger partial charge in [-0.3, -0.25) is 14.0 Å². The van der Waals surface area contributed by atoms with E-state index in [0.717, 1.165) is 18.3 Å². The normalized spacial score (nSPS) is 18.6. The summed E-state index contributed by atoms with van der Waals surface area (Å²) in [6.45, 7) is 5.77. The number of benzene rings is 1. The first-order chi connectivity index (χ1) is 20.8. The molecule has 1 aromatic carbocycles. The number of carbonyl (C=O) groups excluding carboxylic acids is 1. The molecule has 4 N–H and O–H groups in total. The number of carboxylic acids is 1. The minimum Gasteiger partial charge on any atom is -0.493 e. The summed E-state index contributed by atoms with van der Waals surface area (Å²) >= 11 is 6.62. The Morgan fingerprint density at radius 3 is 2.64 bits per heavy atom. The highest BCUT2D eigenvalue weighted by atomic mass is 35.5. The van der Waals surface area contributed by atoms with E-state index in [1.807, 2.05) is 13.8 Å². The van der Waals surface area contributed by atoms with Crippen LogP contribution >= 0.6 is 11.6 Å². The summed E-state index contributed by atoms with van der Waals surface area (Å²) in [4.78, 5) is 38.3. The molecular weight excluding hydrogens is 601 g/mol. The number of rotatable bonds is 8. The molecule has 2 atom stereocenters. The van der Waals surface area contributed by atoms with Gasteiger partial charge in [0.2, 0.25) is 0 Å². The first-order valence-corrected chi connectivity index (χ1v) is 14.3. The second-order valence-corrected chi connectivity index (χ2v) is 11.4. The molecule has 3 aromatic heterocycles. The number of halogens is 4. The third-order valence-electron chi connectivity index (χ3n) is 8.24. The van der Waals surface area contributed by atoms with Crippen LogP contribution in [0.4, 0.5) is 24.8 Å². The van der Waals surface area contributed by atoms with Gasteiger partial charge in [-0.05, 0) is 62.4 Å². The highest BCUT2D eigenvalue weighted by Gasteiger charge is 2.49. The van der Waals surface area contributed by atoms with Crippen molar-refractivity contribution >= 4 is 40.6 Å². The number of hydrogen-bond donors (Lipinski definition) is 3. The number of carboxylic acid groups (broad SMARTS) is 1. The Morgan fingerprint density at radius 2 is 2.00 bits per heavy atom. The average Bonchev–Trinajstić information content (AvgIpc) is 3.59. The summed E-state index contributed by atoms with van der Waals surface area (Å²) in [6.07, 6.45) is -0.827. The maximum atomic E-state index is 13.1. The molecular formula is C30H30ClF3N6O4. The zero-order chi connectivity index (χ0) is 32.0. The average molecular weight is 631 g/mol. The van der Waals surface area contributed by atoms with Crippen LogP contribution in [-0.2, 0) is 11.0 Å². The molecule has 14 heteroatoms. The third-order valence-corrected chi connectivity index (χ3v) is 8.51. The first-order valence-electron chi connectivity index (χ1n) is 13.9. The summed E-state index contributed by atoms with van der Waals surface area (Å²) in [5, 5.41) is 12.7. The van der Waals surface area contributed by atoms with E-state index >= 15 is 0 Å². The van der Waals surface area contributed by atoms with Crippen molar-refractivity contribution in [3.63, 3.8) is 0 Å². The maximum absolute atomic E-state index is 13.1. The number of fused-ring (bicyclic) bond motifs is 1. The van der Waals surface area contributed by atoms with E-state index in [-0.39, 0.29) is 46.5 Å². The Bertz CT molecular complexity index is 1760. The zero-order valence-corrected chi connectivity index (χ0v) is 24.8. The van der Waals surface area contributed by atoms with Gasteiger partial charge in [0.1, 0.15) is 39.6 Å². The van der Waals surface area contributed by atoms with Gasteiger partial charge in [-0.2, -0.15) is 13.2 Å².